The van der Waals surface area contributed by atoms with Crippen molar-refractivity contribution in [3.8, 4) is 5.75 Å². The molecule has 17 heavy (non-hydrogen) atoms. The molecule has 1 aliphatic heterocycles. The molecule has 2 aromatic rings. The minimum atomic E-state index is 0.0139. The molecular weight excluding hydrogens is 234 g/mol. The van der Waals surface area contributed by atoms with E-state index in [-0.39, 0.29) is 11.9 Å². The fourth-order valence-electron chi connectivity index (χ4n) is 2.37. The Balaban J connectivity index is 2.05. The maximum Gasteiger partial charge on any atom is 0.141 e. The van der Waals surface area contributed by atoms with E-state index < -0.39 is 0 Å². The number of nitrogens with two attached hydrogens (primary N) is 1. The Hall–Kier alpha value is -1.33. The second-order valence-electron chi connectivity index (χ2n) is 4.42. The Morgan fingerprint density at radius 1 is 1.41 bits per heavy atom. The van der Waals surface area contributed by atoms with Crippen LogP contribution in [0.2, 0.25) is 0 Å². The third-order valence-electron chi connectivity index (χ3n) is 3.29. The molecule has 5 heteroatoms. The topological polar surface area (TPSA) is 62.4 Å². The van der Waals surface area contributed by atoms with Gasteiger partial charge in [0, 0.05) is 12.6 Å². The third kappa shape index (κ3) is 1.85. The molecule has 2 heterocycles. The third-order valence-corrected chi connectivity index (χ3v) is 4.08. The molecule has 1 atom stereocenters. The van der Waals surface area contributed by atoms with Crippen LogP contribution in [0.15, 0.2) is 17.6 Å². The van der Waals surface area contributed by atoms with Gasteiger partial charge in [0.15, 0.2) is 0 Å². The number of fused-ring (bicyclic) bond motifs is 1. The highest BCUT2D eigenvalue weighted by Crippen LogP contribution is 2.35. The first-order chi connectivity index (χ1) is 8.25. The molecular formula is C12H15N3OS. The number of aromatic nitrogens is 1. The van der Waals surface area contributed by atoms with Crippen LogP contribution < -0.4 is 10.6 Å². The van der Waals surface area contributed by atoms with Crippen molar-refractivity contribution in [1.82, 2.24) is 4.98 Å². The molecule has 0 amide bonds. The maximum atomic E-state index is 10.1. The lowest BCUT2D eigenvalue weighted by Crippen LogP contribution is -2.45. The van der Waals surface area contributed by atoms with Gasteiger partial charge in [0.1, 0.15) is 5.75 Å². The monoisotopic (exact) mass is 249 g/mol. The smallest absolute Gasteiger partial charge is 0.141 e. The van der Waals surface area contributed by atoms with Crippen molar-refractivity contribution in [3.63, 3.8) is 0 Å². The highest BCUT2D eigenvalue weighted by atomic mass is 32.1. The zero-order chi connectivity index (χ0) is 11.8. The standard InChI is InChI=1S/C12H15N3OS/c13-12-3-1-2-4-15(12)9-6-11-8(5-10(9)16)14-7-17-11/h5-7,12,16H,1-4,13H2. The van der Waals surface area contributed by atoms with Gasteiger partial charge in [-0.3, -0.25) is 0 Å². The van der Waals surface area contributed by atoms with Crippen LogP contribution in [0.4, 0.5) is 5.69 Å². The van der Waals surface area contributed by atoms with Crippen molar-refractivity contribution in [2.75, 3.05) is 11.4 Å². The van der Waals surface area contributed by atoms with Gasteiger partial charge in [-0.05, 0) is 25.3 Å². The number of hydrogen-bond donors (Lipinski definition) is 2. The molecule has 4 nitrogen and oxygen atoms in total. The number of anilines is 1. The summed E-state index contributed by atoms with van der Waals surface area (Å²) in [4.78, 5) is 6.29. The van der Waals surface area contributed by atoms with Gasteiger partial charge in [-0.15, -0.1) is 11.3 Å². The molecule has 1 fully saturated rings. The molecule has 0 bridgehead atoms. The summed E-state index contributed by atoms with van der Waals surface area (Å²) < 4.78 is 1.09. The minimum absolute atomic E-state index is 0.0139. The van der Waals surface area contributed by atoms with Crippen LogP contribution in [0.3, 0.4) is 0 Å². The Bertz CT molecular complexity index is 540. The quantitative estimate of drug-likeness (QED) is 0.814. The van der Waals surface area contributed by atoms with E-state index in [2.05, 4.69) is 9.88 Å². The summed E-state index contributed by atoms with van der Waals surface area (Å²) in [6, 6.07) is 3.72. The molecule has 0 saturated carbocycles. The molecule has 0 aliphatic carbocycles. The van der Waals surface area contributed by atoms with Crippen molar-refractivity contribution in [3.05, 3.63) is 17.6 Å². The summed E-state index contributed by atoms with van der Waals surface area (Å²) in [7, 11) is 0. The highest BCUT2D eigenvalue weighted by molar-refractivity contribution is 7.16. The lowest BCUT2D eigenvalue weighted by atomic mass is 10.1. The number of piperidine rings is 1. The van der Waals surface area contributed by atoms with E-state index in [0.29, 0.717) is 0 Å². The van der Waals surface area contributed by atoms with Crippen LogP contribution in [0.1, 0.15) is 19.3 Å². The second kappa shape index (κ2) is 4.16. The number of benzene rings is 1. The first-order valence-electron chi connectivity index (χ1n) is 5.84. The summed E-state index contributed by atoms with van der Waals surface area (Å²) in [6.07, 6.45) is 3.30. The Kier molecular flexibility index (Phi) is 2.64. The number of aromatic hydroxyl groups is 1. The molecule has 0 spiro atoms. The first kappa shape index (κ1) is 10.8. The van der Waals surface area contributed by atoms with Crippen LogP contribution in [-0.4, -0.2) is 22.8 Å². The van der Waals surface area contributed by atoms with Gasteiger partial charge >= 0.3 is 0 Å². The van der Waals surface area contributed by atoms with Crippen LogP contribution in [0.5, 0.6) is 5.75 Å². The maximum absolute atomic E-state index is 10.1. The SMILES string of the molecule is NC1CCCCN1c1cc2scnc2cc1O. The van der Waals surface area contributed by atoms with E-state index in [1.54, 1.807) is 22.9 Å². The van der Waals surface area contributed by atoms with Crippen molar-refractivity contribution in [1.29, 1.82) is 0 Å². The van der Waals surface area contributed by atoms with Gasteiger partial charge in [0.05, 0.1) is 27.6 Å². The zero-order valence-corrected chi connectivity index (χ0v) is 10.3. The van der Waals surface area contributed by atoms with Crippen LogP contribution in [0.25, 0.3) is 10.2 Å². The fraction of sp³-hybridized carbons (Fsp3) is 0.417. The van der Waals surface area contributed by atoms with E-state index in [0.717, 1.165) is 35.3 Å². The van der Waals surface area contributed by atoms with Crippen LogP contribution >= 0.6 is 11.3 Å². The predicted octanol–water partition coefficient (Wildman–Crippen LogP) is 2.28. The second-order valence-corrected chi connectivity index (χ2v) is 5.30. The van der Waals surface area contributed by atoms with Crippen molar-refractivity contribution >= 4 is 27.2 Å². The summed E-state index contributed by atoms with van der Waals surface area (Å²) in [6.45, 7) is 0.916. The Morgan fingerprint density at radius 2 is 2.29 bits per heavy atom. The highest BCUT2D eigenvalue weighted by Gasteiger charge is 2.22. The molecule has 0 radical (unpaired) electrons. The lowest BCUT2D eigenvalue weighted by Gasteiger charge is -2.35. The zero-order valence-electron chi connectivity index (χ0n) is 9.47. The molecule has 1 aliphatic rings. The van der Waals surface area contributed by atoms with E-state index in [1.165, 1.54) is 6.42 Å². The normalized spacial score (nSPS) is 21.0. The molecule has 90 valence electrons. The summed E-state index contributed by atoms with van der Waals surface area (Å²) in [5, 5.41) is 10.1. The largest absolute Gasteiger partial charge is 0.506 e. The first-order valence-corrected chi connectivity index (χ1v) is 6.72. The van der Waals surface area contributed by atoms with Gasteiger partial charge in [-0.1, -0.05) is 0 Å². The predicted molar refractivity (Wildman–Crippen MR) is 70.5 cm³/mol. The van der Waals surface area contributed by atoms with Gasteiger partial charge < -0.3 is 15.7 Å². The summed E-state index contributed by atoms with van der Waals surface area (Å²) in [5.74, 6) is 0.278. The van der Waals surface area contributed by atoms with Gasteiger partial charge in [-0.25, -0.2) is 4.98 Å². The summed E-state index contributed by atoms with van der Waals surface area (Å²) in [5.41, 5.74) is 9.59. The Labute approximate surface area is 104 Å². The number of phenols is 1. The number of rotatable bonds is 1. The number of thiazole rings is 1. The number of nitrogens with zero attached hydrogens (tertiary/aromatic N) is 2. The van der Waals surface area contributed by atoms with E-state index in [1.807, 2.05) is 6.07 Å². The van der Waals surface area contributed by atoms with E-state index in [4.69, 9.17) is 5.73 Å². The molecule has 1 unspecified atom stereocenters. The number of phenolic OH excluding ortho intramolecular Hbond substituents is 1. The van der Waals surface area contributed by atoms with Gasteiger partial charge in [0.2, 0.25) is 0 Å². The lowest BCUT2D eigenvalue weighted by molar-refractivity contribution is 0.444. The van der Waals surface area contributed by atoms with Crippen LogP contribution in [-0.2, 0) is 0 Å². The van der Waals surface area contributed by atoms with E-state index in [9.17, 15) is 5.11 Å². The average molecular weight is 249 g/mol. The van der Waals surface area contributed by atoms with Crippen LogP contribution in [0, 0.1) is 0 Å². The average Bonchev–Trinajstić information content (AvgIpc) is 2.76. The van der Waals surface area contributed by atoms with Gasteiger partial charge in [0.25, 0.3) is 0 Å². The minimum Gasteiger partial charge on any atom is -0.506 e. The molecule has 3 rings (SSSR count). The number of hydrogen-bond acceptors (Lipinski definition) is 5. The van der Waals surface area contributed by atoms with Crippen molar-refractivity contribution < 1.29 is 5.11 Å². The fourth-order valence-corrected chi connectivity index (χ4v) is 3.06. The van der Waals surface area contributed by atoms with E-state index >= 15 is 0 Å². The molecule has 1 aromatic carbocycles. The molecule has 1 aromatic heterocycles. The van der Waals surface area contributed by atoms with Gasteiger partial charge in [-0.2, -0.15) is 0 Å². The van der Waals surface area contributed by atoms with Crippen molar-refractivity contribution in [2.45, 2.75) is 25.4 Å². The molecule has 1 saturated heterocycles. The summed E-state index contributed by atoms with van der Waals surface area (Å²) >= 11 is 1.59. The Morgan fingerprint density at radius 3 is 3.12 bits per heavy atom. The van der Waals surface area contributed by atoms with Crippen molar-refractivity contribution in [2.24, 2.45) is 5.73 Å². The molecule has 3 N–H and O–H groups in total.